The Morgan fingerprint density at radius 1 is 1.12 bits per heavy atom. The van der Waals surface area contributed by atoms with Crippen molar-refractivity contribution in [2.45, 2.75) is 6.54 Å². The Morgan fingerprint density at radius 2 is 1.88 bits per heavy atom. The van der Waals surface area contributed by atoms with E-state index in [1.807, 2.05) is 0 Å². The number of methoxy groups -OCH3 is 1. The summed E-state index contributed by atoms with van der Waals surface area (Å²) in [6, 6.07) is 17.0. The van der Waals surface area contributed by atoms with Crippen LogP contribution in [0.4, 0.5) is 10.1 Å². The van der Waals surface area contributed by atoms with Gasteiger partial charge in [0.25, 0.3) is 0 Å². The zero-order chi connectivity index (χ0) is 17.8. The second kappa shape index (κ2) is 6.97. The largest absolute Gasteiger partial charge is 0.497 e. The van der Waals surface area contributed by atoms with Crippen molar-refractivity contribution < 1.29 is 13.9 Å². The highest BCUT2D eigenvalue weighted by Crippen LogP contribution is 2.33. The minimum Gasteiger partial charge on any atom is -0.497 e. The highest BCUT2D eigenvalue weighted by atomic mass is 19.1. The molecule has 5 nitrogen and oxygen atoms in total. The molecule has 0 atom stereocenters. The van der Waals surface area contributed by atoms with Crippen molar-refractivity contribution in [3.05, 3.63) is 71.7 Å². The summed E-state index contributed by atoms with van der Waals surface area (Å²) in [5, 5.41) is 9.36. The van der Waals surface area contributed by atoms with Crippen LogP contribution >= 0.6 is 0 Å². The Bertz CT molecular complexity index is 944. The van der Waals surface area contributed by atoms with Gasteiger partial charge in [0.15, 0.2) is 0 Å². The summed E-state index contributed by atoms with van der Waals surface area (Å²) in [6.07, 6.45) is 0. The summed E-state index contributed by atoms with van der Waals surface area (Å²) in [4.78, 5) is 0. The van der Waals surface area contributed by atoms with Crippen LogP contribution in [0.15, 0.2) is 54.6 Å². The van der Waals surface area contributed by atoms with Gasteiger partial charge in [-0.3, -0.25) is 4.57 Å². The number of nitrogens with zero attached hydrogens (tertiary/aromatic N) is 2. The Balaban J connectivity index is 2.00. The van der Waals surface area contributed by atoms with Gasteiger partial charge < -0.3 is 15.2 Å². The van der Waals surface area contributed by atoms with Crippen LogP contribution in [0.2, 0.25) is 0 Å². The van der Waals surface area contributed by atoms with Crippen LogP contribution in [0.1, 0.15) is 11.3 Å². The van der Waals surface area contributed by atoms with Crippen molar-refractivity contribution in [1.29, 1.82) is 5.26 Å². The maximum Gasteiger partial charge on any atom is 0.224 e. The molecule has 3 rings (SSSR count). The Hall–Kier alpha value is -3.46. The van der Waals surface area contributed by atoms with Crippen molar-refractivity contribution in [3.8, 4) is 23.4 Å². The van der Waals surface area contributed by atoms with E-state index >= 15 is 0 Å². The van der Waals surface area contributed by atoms with Gasteiger partial charge in [0.2, 0.25) is 5.88 Å². The zero-order valence-electron chi connectivity index (χ0n) is 13.6. The van der Waals surface area contributed by atoms with E-state index in [1.165, 1.54) is 12.1 Å². The minimum absolute atomic E-state index is 0.131. The van der Waals surface area contributed by atoms with Crippen LogP contribution in [0.25, 0.3) is 0 Å². The van der Waals surface area contributed by atoms with Gasteiger partial charge in [0, 0.05) is 17.7 Å². The molecule has 2 aromatic carbocycles. The van der Waals surface area contributed by atoms with Crippen molar-refractivity contribution in [2.75, 3.05) is 12.8 Å². The molecule has 25 heavy (non-hydrogen) atoms. The summed E-state index contributed by atoms with van der Waals surface area (Å²) in [6.45, 7) is 0.131. The molecule has 0 fully saturated rings. The molecule has 6 heteroatoms. The molecular weight excluding hydrogens is 321 g/mol. The maximum absolute atomic E-state index is 14.0. The lowest BCUT2D eigenvalue weighted by Gasteiger charge is -2.13. The Morgan fingerprint density at radius 3 is 2.60 bits per heavy atom. The van der Waals surface area contributed by atoms with Gasteiger partial charge in [-0.05, 0) is 18.2 Å². The Labute approximate surface area is 144 Å². The molecule has 126 valence electrons. The fraction of sp³-hybridized carbons (Fsp3) is 0.105. The predicted octanol–water partition coefficient (Wildman–Crippen LogP) is 3.93. The normalized spacial score (nSPS) is 10.3. The van der Waals surface area contributed by atoms with E-state index in [4.69, 9.17) is 15.2 Å². The van der Waals surface area contributed by atoms with E-state index in [-0.39, 0.29) is 18.2 Å². The first kappa shape index (κ1) is 16.4. The summed E-state index contributed by atoms with van der Waals surface area (Å²) in [5.74, 6) is 1.06. The number of ether oxygens (including phenoxy) is 2. The van der Waals surface area contributed by atoms with Crippen LogP contribution in [0, 0.1) is 17.1 Å². The monoisotopic (exact) mass is 337 g/mol. The van der Waals surface area contributed by atoms with E-state index in [0.29, 0.717) is 28.4 Å². The molecular formula is C19H16FN3O2. The Kier molecular flexibility index (Phi) is 4.57. The molecule has 0 aliphatic rings. The van der Waals surface area contributed by atoms with Crippen molar-refractivity contribution >= 4 is 5.69 Å². The second-order valence-electron chi connectivity index (χ2n) is 5.36. The lowest BCUT2D eigenvalue weighted by molar-refractivity contribution is 0.403. The number of halogens is 1. The number of hydrogen-bond donors (Lipinski definition) is 1. The number of nitrogens with two attached hydrogens (primary N) is 1. The molecule has 0 spiro atoms. The lowest BCUT2D eigenvalue weighted by atomic mass is 10.2. The zero-order valence-corrected chi connectivity index (χ0v) is 13.6. The number of aromatic nitrogens is 1. The van der Waals surface area contributed by atoms with Gasteiger partial charge in [-0.1, -0.05) is 24.3 Å². The van der Waals surface area contributed by atoms with E-state index in [1.54, 1.807) is 54.1 Å². The third kappa shape index (κ3) is 3.40. The fourth-order valence-electron chi connectivity index (χ4n) is 2.49. The van der Waals surface area contributed by atoms with Gasteiger partial charge in [0.05, 0.1) is 19.3 Å². The van der Waals surface area contributed by atoms with E-state index in [2.05, 4.69) is 6.07 Å². The van der Waals surface area contributed by atoms with Crippen LogP contribution in [0.3, 0.4) is 0 Å². The number of rotatable bonds is 5. The summed E-state index contributed by atoms with van der Waals surface area (Å²) >= 11 is 0. The van der Waals surface area contributed by atoms with Gasteiger partial charge in [-0.2, -0.15) is 5.26 Å². The van der Waals surface area contributed by atoms with Gasteiger partial charge in [-0.25, -0.2) is 4.39 Å². The molecule has 2 N–H and O–H groups in total. The maximum atomic E-state index is 14.0. The summed E-state index contributed by atoms with van der Waals surface area (Å²) in [5.41, 5.74) is 7.03. The molecule has 0 radical (unpaired) electrons. The van der Waals surface area contributed by atoms with Crippen molar-refractivity contribution in [2.24, 2.45) is 0 Å². The van der Waals surface area contributed by atoms with Crippen molar-refractivity contribution in [1.82, 2.24) is 4.57 Å². The van der Waals surface area contributed by atoms with E-state index in [0.717, 1.165) is 0 Å². The molecule has 0 unspecified atom stereocenters. The number of nitriles is 1. The van der Waals surface area contributed by atoms with Crippen LogP contribution in [-0.4, -0.2) is 11.7 Å². The van der Waals surface area contributed by atoms with E-state index in [9.17, 15) is 9.65 Å². The van der Waals surface area contributed by atoms with Crippen molar-refractivity contribution in [3.63, 3.8) is 0 Å². The molecule has 3 aromatic rings. The average Bonchev–Trinajstić information content (AvgIpc) is 2.92. The lowest BCUT2D eigenvalue weighted by Crippen LogP contribution is -2.06. The SMILES string of the molecule is COc1cccc(Oc2c(N)cc(C#N)n2Cc2ccccc2F)c1. The average molecular weight is 337 g/mol. The fourth-order valence-corrected chi connectivity index (χ4v) is 2.49. The highest BCUT2D eigenvalue weighted by molar-refractivity contribution is 5.57. The van der Waals surface area contributed by atoms with Crippen LogP contribution < -0.4 is 15.2 Å². The molecule has 0 saturated carbocycles. The third-order valence-corrected chi connectivity index (χ3v) is 3.73. The number of anilines is 1. The first-order valence-corrected chi connectivity index (χ1v) is 7.56. The molecule has 1 heterocycles. The minimum atomic E-state index is -0.356. The molecule has 0 amide bonds. The molecule has 1 aromatic heterocycles. The smallest absolute Gasteiger partial charge is 0.224 e. The van der Waals surface area contributed by atoms with Crippen LogP contribution in [-0.2, 0) is 6.54 Å². The molecule has 0 saturated heterocycles. The molecule has 0 aliphatic carbocycles. The first-order chi connectivity index (χ1) is 12.1. The third-order valence-electron chi connectivity index (χ3n) is 3.73. The van der Waals surface area contributed by atoms with Gasteiger partial charge >= 0.3 is 0 Å². The summed E-state index contributed by atoms with van der Waals surface area (Å²) < 4.78 is 26.6. The van der Waals surface area contributed by atoms with E-state index < -0.39 is 0 Å². The second-order valence-corrected chi connectivity index (χ2v) is 5.36. The number of hydrogen-bond acceptors (Lipinski definition) is 4. The quantitative estimate of drug-likeness (QED) is 0.765. The molecule has 0 aliphatic heterocycles. The summed E-state index contributed by atoms with van der Waals surface area (Å²) in [7, 11) is 1.56. The molecule has 0 bridgehead atoms. The number of nitrogen functional groups attached to an aromatic ring is 1. The van der Waals surface area contributed by atoms with Crippen LogP contribution in [0.5, 0.6) is 17.4 Å². The topological polar surface area (TPSA) is 73.2 Å². The van der Waals surface area contributed by atoms with Gasteiger partial charge in [-0.15, -0.1) is 0 Å². The first-order valence-electron chi connectivity index (χ1n) is 7.56. The standard InChI is InChI=1S/C19H16FN3O2/c1-24-15-6-4-7-16(10-15)25-19-18(22)9-14(11-21)23(19)12-13-5-2-3-8-17(13)20/h2-10H,12,22H2,1H3. The number of benzene rings is 2. The predicted molar refractivity (Wildman–Crippen MR) is 92.1 cm³/mol. The van der Waals surface area contributed by atoms with Gasteiger partial charge in [0.1, 0.15) is 29.1 Å². The highest BCUT2D eigenvalue weighted by Gasteiger charge is 2.17.